The second kappa shape index (κ2) is 8.06. The van der Waals surface area contributed by atoms with Gasteiger partial charge in [-0.15, -0.1) is 0 Å². The summed E-state index contributed by atoms with van der Waals surface area (Å²) in [5, 5.41) is 3.85. The third kappa shape index (κ3) is 4.41. The highest BCUT2D eigenvalue weighted by atomic mass is 16.1. The monoisotopic (exact) mass is 333 g/mol. The molecule has 126 valence electrons. The summed E-state index contributed by atoms with van der Waals surface area (Å²) in [4.78, 5) is 27.8. The van der Waals surface area contributed by atoms with Crippen molar-refractivity contribution >= 4 is 22.9 Å². The Morgan fingerprint density at radius 3 is 2.84 bits per heavy atom. The maximum Gasteiger partial charge on any atom is 0.250 e. The highest BCUT2D eigenvalue weighted by Crippen LogP contribution is 2.17. The van der Waals surface area contributed by atoms with Crippen molar-refractivity contribution in [2.75, 3.05) is 6.54 Å². The van der Waals surface area contributed by atoms with Crippen molar-refractivity contribution in [3.8, 4) is 0 Å². The third-order valence-electron chi connectivity index (χ3n) is 3.87. The molecular weight excluding hydrogens is 314 g/mol. The van der Waals surface area contributed by atoms with E-state index in [1.54, 1.807) is 29.1 Å². The van der Waals surface area contributed by atoms with Gasteiger partial charge in [0.15, 0.2) is 0 Å². The van der Waals surface area contributed by atoms with Gasteiger partial charge in [0.1, 0.15) is 0 Å². The summed E-state index contributed by atoms with van der Waals surface area (Å²) in [6.45, 7) is 1.10. The first-order chi connectivity index (χ1) is 12.2. The number of pyridine rings is 2. The van der Waals surface area contributed by atoms with Crippen LogP contribution in [0.5, 0.6) is 0 Å². The lowest BCUT2D eigenvalue weighted by Crippen LogP contribution is -2.25. The average molecular weight is 333 g/mol. The first-order valence-corrected chi connectivity index (χ1v) is 8.19. The van der Waals surface area contributed by atoms with Crippen LogP contribution in [0, 0.1) is 0 Å². The van der Waals surface area contributed by atoms with Gasteiger partial charge in [-0.3, -0.25) is 14.6 Å². The molecule has 0 radical (unpaired) electrons. The molecule has 0 aliphatic heterocycles. The number of nitrogens with one attached hydrogen (secondary N) is 1. The van der Waals surface area contributed by atoms with Gasteiger partial charge in [0.25, 0.3) is 0 Å². The van der Waals surface area contributed by atoms with Gasteiger partial charge in [-0.05, 0) is 36.3 Å². The molecule has 0 aliphatic rings. The molecule has 3 aromatic rings. The molecule has 3 rings (SSSR count). The minimum absolute atomic E-state index is 0.0294. The highest BCUT2D eigenvalue weighted by Gasteiger charge is 2.00. The molecule has 1 aromatic carbocycles. The van der Waals surface area contributed by atoms with E-state index in [4.69, 9.17) is 0 Å². The van der Waals surface area contributed by atoms with E-state index in [1.807, 2.05) is 36.4 Å². The maximum atomic E-state index is 11.9. The van der Waals surface area contributed by atoms with Gasteiger partial charge in [-0.2, -0.15) is 0 Å². The number of aryl methyl sites for hydroxylation is 1. The second-order valence-electron chi connectivity index (χ2n) is 5.63. The number of carbonyl (C=O) groups excluding carboxylic acids is 1. The Balaban J connectivity index is 1.53. The second-order valence-corrected chi connectivity index (χ2v) is 5.63. The fourth-order valence-electron chi connectivity index (χ4n) is 2.59. The molecule has 0 saturated carbocycles. The van der Waals surface area contributed by atoms with Crippen LogP contribution < -0.4 is 10.9 Å². The van der Waals surface area contributed by atoms with Crippen LogP contribution in [0.25, 0.3) is 17.0 Å². The molecule has 0 fully saturated rings. The smallest absolute Gasteiger partial charge is 0.250 e. The van der Waals surface area contributed by atoms with Gasteiger partial charge in [0.2, 0.25) is 11.5 Å². The van der Waals surface area contributed by atoms with E-state index in [-0.39, 0.29) is 11.5 Å². The Hall–Kier alpha value is -3.21. The zero-order valence-electron chi connectivity index (χ0n) is 13.8. The molecule has 2 heterocycles. The number of amides is 1. The zero-order valence-corrected chi connectivity index (χ0v) is 13.8. The molecule has 2 aromatic heterocycles. The standard InChI is InChI=1S/C20H19N3O2/c24-19(22-12-5-15-23-14-4-3-8-20(23)25)10-9-16-11-13-21-18-7-2-1-6-17(16)18/h1-4,6-11,13-14H,5,12,15H2,(H,22,24)/b10-9-. The first-order valence-electron chi connectivity index (χ1n) is 8.19. The third-order valence-corrected chi connectivity index (χ3v) is 3.87. The van der Waals surface area contributed by atoms with E-state index in [0.29, 0.717) is 19.5 Å². The molecule has 0 aliphatic carbocycles. The van der Waals surface area contributed by atoms with Crippen molar-refractivity contribution in [3.63, 3.8) is 0 Å². The number of hydrogen-bond donors (Lipinski definition) is 1. The Kier molecular flexibility index (Phi) is 5.36. The molecule has 0 bridgehead atoms. The van der Waals surface area contributed by atoms with Crippen LogP contribution >= 0.6 is 0 Å². The van der Waals surface area contributed by atoms with Crippen molar-refractivity contribution in [3.05, 3.63) is 82.9 Å². The van der Waals surface area contributed by atoms with Crippen molar-refractivity contribution < 1.29 is 4.79 Å². The number of benzene rings is 1. The van der Waals surface area contributed by atoms with Crippen molar-refractivity contribution in [1.82, 2.24) is 14.9 Å². The van der Waals surface area contributed by atoms with Gasteiger partial charge >= 0.3 is 0 Å². The van der Waals surface area contributed by atoms with E-state index in [2.05, 4.69) is 10.3 Å². The van der Waals surface area contributed by atoms with Crippen LogP contribution in [0.15, 0.2) is 71.8 Å². The number of rotatable bonds is 6. The first kappa shape index (κ1) is 16.6. The van der Waals surface area contributed by atoms with E-state index < -0.39 is 0 Å². The van der Waals surface area contributed by atoms with Crippen LogP contribution in [0.2, 0.25) is 0 Å². The molecule has 25 heavy (non-hydrogen) atoms. The molecule has 0 atom stereocenters. The van der Waals surface area contributed by atoms with Gasteiger partial charge in [-0.25, -0.2) is 0 Å². The fourth-order valence-corrected chi connectivity index (χ4v) is 2.59. The maximum absolute atomic E-state index is 11.9. The SMILES string of the molecule is O=C(/C=C\c1ccnc2ccccc12)NCCCn1ccccc1=O. The van der Waals surface area contributed by atoms with Crippen molar-refractivity contribution in [1.29, 1.82) is 0 Å². The molecule has 0 unspecified atom stereocenters. The van der Waals surface area contributed by atoms with Gasteiger partial charge in [-0.1, -0.05) is 24.3 Å². The minimum Gasteiger partial charge on any atom is -0.352 e. The van der Waals surface area contributed by atoms with E-state index >= 15 is 0 Å². The van der Waals surface area contributed by atoms with Gasteiger partial charge in [0.05, 0.1) is 5.52 Å². The molecule has 0 spiro atoms. The quantitative estimate of drug-likeness (QED) is 0.557. The molecule has 1 N–H and O–H groups in total. The molecule has 5 heteroatoms. The predicted octanol–water partition coefficient (Wildman–Crippen LogP) is 2.62. The number of aromatic nitrogens is 2. The Morgan fingerprint density at radius 1 is 1.12 bits per heavy atom. The highest BCUT2D eigenvalue weighted by molar-refractivity contribution is 5.95. The summed E-state index contributed by atoms with van der Waals surface area (Å²) in [7, 11) is 0. The van der Waals surface area contributed by atoms with Crippen LogP contribution in [0.3, 0.4) is 0 Å². The van der Waals surface area contributed by atoms with Crippen LogP contribution in [0.4, 0.5) is 0 Å². The van der Waals surface area contributed by atoms with Crippen molar-refractivity contribution in [2.45, 2.75) is 13.0 Å². The lowest BCUT2D eigenvalue weighted by Gasteiger charge is -2.05. The number of fused-ring (bicyclic) bond motifs is 1. The van der Waals surface area contributed by atoms with Crippen LogP contribution in [0.1, 0.15) is 12.0 Å². The number of carbonyl (C=O) groups is 1. The Morgan fingerprint density at radius 2 is 1.96 bits per heavy atom. The summed E-state index contributed by atoms with van der Waals surface area (Å²) in [5.74, 6) is -0.152. The van der Waals surface area contributed by atoms with Crippen molar-refractivity contribution in [2.24, 2.45) is 0 Å². The molecule has 5 nitrogen and oxygen atoms in total. The molecule has 0 saturated heterocycles. The van der Waals surface area contributed by atoms with Gasteiger partial charge in [0, 0.05) is 43.0 Å². The molecule has 1 amide bonds. The summed E-state index contributed by atoms with van der Waals surface area (Å²) in [6, 6.07) is 14.8. The van der Waals surface area contributed by atoms with E-state index in [9.17, 15) is 9.59 Å². The number of hydrogen-bond acceptors (Lipinski definition) is 3. The summed E-state index contributed by atoms with van der Waals surface area (Å²) < 4.78 is 1.63. The normalized spacial score (nSPS) is 11.0. The number of para-hydroxylation sites is 1. The van der Waals surface area contributed by atoms with Crippen LogP contribution in [-0.4, -0.2) is 22.0 Å². The minimum atomic E-state index is -0.152. The topological polar surface area (TPSA) is 64.0 Å². The van der Waals surface area contributed by atoms with E-state index in [0.717, 1.165) is 16.5 Å². The fraction of sp³-hybridized carbons (Fsp3) is 0.150. The van der Waals surface area contributed by atoms with Crippen LogP contribution in [-0.2, 0) is 11.3 Å². The largest absolute Gasteiger partial charge is 0.352 e. The zero-order chi connectivity index (χ0) is 17.5. The molecular formula is C20H19N3O2. The average Bonchev–Trinajstić information content (AvgIpc) is 2.65. The predicted molar refractivity (Wildman–Crippen MR) is 99.1 cm³/mol. The van der Waals surface area contributed by atoms with Gasteiger partial charge < -0.3 is 9.88 Å². The lowest BCUT2D eigenvalue weighted by atomic mass is 10.1. The Bertz CT molecular complexity index is 955. The number of nitrogens with zero attached hydrogens (tertiary/aromatic N) is 2. The van der Waals surface area contributed by atoms with E-state index in [1.165, 1.54) is 12.1 Å². The Labute approximate surface area is 145 Å². The summed E-state index contributed by atoms with van der Waals surface area (Å²) in [6.07, 6.45) is 7.50. The summed E-state index contributed by atoms with van der Waals surface area (Å²) in [5.41, 5.74) is 1.83. The summed E-state index contributed by atoms with van der Waals surface area (Å²) >= 11 is 0. The lowest BCUT2D eigenvalue weighted by molar-refractivity contribution is -0.116.